The van der Waals surface area contributed by atoms with Gasteiger partial charge in [0.25, 0.3) is 0 Å². The van der Waals surface area contributed by atoms with E-state index in [-0.39, 0.29) is 30.6 Å². The number of aliphatic carboxylic acids is 1. The van der Waals surface area contributed by atoms with Crippen molar-refractivity contribution in [3.8, 4) is 0 Å². The number of rotatable bonds is 13. The number of nitrogens with one attached hydrogen (secondary N) is 1. The Kier molecular flexibility index (Phi) is 11.2. The molecule has 3 aromatic carbocycles. The third kappa shape index (κ3) is 9.15. The van der Waals surface area contributed by atoms with Gasteiger partial charge in [-0.25, -0.2) is 4.79 Å². The summed E-state index contributed by atoms with van der Waals surface area (Å²) in [5, 5.41) is 12.1. The number of halogens is 2. The molecule has 0 aliphatic rings. The Hall–Kier alpha value is -2.87. The third-order valence-corrected chi connectivity index (χ3v) is 8.75. The van der Waals surface area contributed by atoms with Gasteiger partial charge < -0.3 is 24.8 Å². The summed E-state index contributed by atoms with van der Waals surface area (Å²) in [5.74, 6) is -2.54. The van der Waals surface area contributed by atoms with E-state index in [1.807, 2.05) is 30.3 Å². The van der Waals surface area contributed by atoms with Gasteiger partial charge in [-0.1, -0.05) is 96.0 Å². The lowest BCUT2D eigenvalue weighted by molar-refractivity contribution is -0.137. The minimum Gasteiger partial charge on any atom is -0.481 e. The molecule has 0 radical (unpaired) electrons. The van der Waals surface area contributed by atoms with Crippen molar-refractivity contribution in [1.82, 2.24) is 5.32 Å². The smallest absolute Gasteiger partial charge is 0.410 e. The fourth-order valence-electron chi connectivity index (χ4n) is 3.63. The molecule has 38 heavy (non-hydrogen) atoms. The van der Waals surface area contributed by atoms with Gasteiger partial charge in [-0.05, 0) is 30.0 Å². The van der Waals surface area contributed by atoms with Gasteiger partial charge in [0, 0.05) is 18.1 Å². The molecule has 202 valence electrons. The molecule has 11 heteroatoms. The lowest BCUT2D eigenvalue weighted by atomic mass is 10.2. The van der Waals surface area contributed by atoms with Crippen LogP contribution in [-0.4, -0.2) is 34.0 Å². The first kappa shape index (κ1) is 29.7. The first-order chi connectivity index (χ1) is 18.2. The topological polar surface area (TPSA) is 122 Å². The Labute approximate surface area is 231 Å². The number of hydrogen-bond donors (Lipinski definition) is 3. The van der Waals surface area contributed by atoms with E-state index in [0.717, 1.165) is 5.56 Å². The van der Waals surface area contributed by atoms with Gasteiger partial charge >= 0.3 is 12.1 Å². The van der Waals surface area contributed by atoms with E-state index in [0.29, 0.717) is 16.1 Å². The SMILES string of the molecule is O=C(O)CCC(NC(=O)OC(OCc1ccccc1)c1ccccc1)P(=O)(O)CCc1cccc(Cl)c1Cl. The molecule has 0 spiro atoms. The van der Waals surface area contributed by atoms with Crippen LogP contribution in [0, 0.1) is 0 Å². The van der Waals surface area contributed by atoms with Crippen molar-refractivity contribution < 1.29 is 33.6 Å². The molecule has 0 saturated carbocycles. The number of carbonyl (C=O) groups excluding carboxylic acids is 1. The normalized spacial score (nSPS) is 14.2. The summed E-state index contributed by atoms with van der Waals surface area (Å²) in [6, 6.07) is 23.0. The van der Waals surface area contributed by atoms with Gasteiger partial charge in [0.15, 0.2) is 0 Å². The highest BCUT2D eigenvalue weighted by Crippen LogP contribution is 2.48. The second-order valence-corrected chi connectivity index (χ2v) is 11.8. The van der Waals surface area contributed by atoms with E-state index in [4.69, 9.17) is 37.8 Å². The predicted octanol–water partition coefficient (Wildman–Crippen LogP) is 6.64. The number of aryl methyl sites for hydroxylation is 1. The van der Waals surface area contributed by atoms with Crippen molar-refractivity contribution in [3.05, 3.63) is 106 Å². The van der Waals surface area contributed by atoms with E-state index in [2.05, 4.69) is 5.32 Å². The average Bonchev–Trinajstić information content (AvgIpc) is 2.90. The number of amides is 1. The summed E-state index contributed by atoms with van der Waals surface area (Å²) in [6.45, 7) is 0.148. The minimum absolute atomic E-state index is 0.0975. The molecular weight excluding hydrogens is 552 g/mol. The molecule has 0 saturated heterocycles. The van der Waals surface area contributed by atoms with Crippen LogP contribution in [0.15, 0.2) is 78.9 Å². The average molecular weight is 580 g/mol. The Morgan fingerprint density at radius 2 is 1.61 bits per heavy atom. The summed E-state index contributed by atoms with van der Waals surface area (Å²) in [4.78, 5) is 34.9. The summed E-state index contributed by atoms with van der Waals surface area (Å²) in [5.41, 5.74) is 1.98. The van der Waals surface area contributed by atoms with Crippen LogP contribution in [0.2, 0.25) is 10.0 Å². The Morgan fingerprint density at radius 1 is 0.947 bits per heavy atom. The van der Waals surface area contributed by atoms with Crippen LogP contribution < -0.4 is 5.32 Å². The van der Waals surface area contributed by atoms with E-state index >= 15 is 0 Å². The van der Waals surface area contributed by atoms with Gasteiger partial charge in [0.05, 0.1) is 16.7 Å². The quantitative estimate of drug-likeness (QED) is 0.153. The fourth-order valence-corrected chi connectivity index (χ4v) is 5.76. The molecule has 0 aliphatic heterocycles. The maximum absolute atomic E-state index is 13.3. The standard InChI is InChI=1S/C27H28Cl2NO7P/c28-22-13-7-12-20(25(22)29)16-17-38(34,35)23(14-15-24(31)32)30-27(33)37-26(21-10-5-2-6-11-21)36-18-19-8-3-1-4-9-19/h1-13,23,26H,14-18H2,(H,30,33)(H,31,32)(H,34,35). The van der Waals surface area contributed by atoms with Crippen LogP contribution in [-0.2, 0) is 31.9 Å². The maximum Gasteiger partial charge on any atom is 0.410 e. The van der Waals surface area contributed by atoms with Crippen molar-refractivity contribution in [2.45, 2.75) is 37.9 Å². The second-order valence-electron chi connectivity index (χ2n) is 8.48. The molecule has 0 aliphatic carbocycles. The van der Waals surface area contributed by atoms with Crippen LogP contribution in [0.1, 0.15) is 35.8 Å². The summed E-state index contributed by atoms with van der Waals surface area (Å²) in [7, 11) is -4.11. The largest absolute Gasteiger partial charge is 0.481 e. The van der Waals surface area contributed by atoms with Gasteiger partial charge in [0.1, 0.15) is 5.78 Å². The molecular formula is C27H28Cl2NO7P. The lowest BCUT2D eigenvalue weighted by Crippen LogP contribution is -2.37. The van der Waals surface area contributed by atoms with Crippen LogP contribution in [0.4, 0.5) is 4.79 Å². The number of hydrogen-bond acceptors (Lipinski definition) is 5. The molecule has 0 fully saturated rings. The van der Waals surface area contributed by atoms with Gasteiger partial charge in [0.2, 0.25) is 13.7 Å². The van der Waals surface area contributed by atoms with Crippen molar-refractivity contribution in [1.29, 1.82) is 0 Å². The van der Waals surface area contributed by atoms with Gasteiger partial charge in [-0.3, -0.25) is 9.36 Å². The number of carboxylic acid groups (broad SMARTS) is 1. The van der Waals surface area contributed by atoms with E-state index in [1.165, 1.54) is 0 Å². The van der Waals surface area contributed by atoms with Crippen molar-refractivity contribution >= 4 is 42.6 Å². The van der Waals surface area contributed by atoms with Crippen LogP contribution in [0.25, 0.3) is 0 Å². The summed E-state index contributed by atoms with van der Waals surface area (Å²) < 4.78 is 24.6. The second kappa shape index (κ2) is 14.3. The molecule has 0 aromatic heterocycles. The van der Waals surface area contributed by atoms with Gasteiger partial charge in [-0.2, -0.15) is 0 Å². The molecule has 3 atom stereocenters. The minimum atomic E-state index is -4.11. The van der Waals surface area contributed by atoms with Crippen molar-refractivity contribution in [2.75, 3.05) is 6.16 Å². The third-order valence-electron chi connectivity index (χ3n) is 5.67. The molecule has 8 nitrogen and oxygen atoms in total. The first-order valence-corrected chi connectivity index (χ1v) is 14.5. The number of ether oxygens (including phenoxy) is 2. The highest BCUT2D eigenvalue weighted by molar-refractivity contribution is 7.58. The van der Waals surface area contributed by atoms with Crippen molar-refractivity contribution in [2.24, 2.45) is 0 Å². The fraction of sp³-hybridized carbons (Fsp3) is 0.259. The Bertz CT molecular complexity index is 1260. The monoisotopic (exact) mass is 579 g/mol. The highest BCUT2D eigenvalue weighted by Gasteiger charge is 2.34. The molecule has 3 N–H and O–H groups in total. The van der Waals surface area contributed by atoms with Crippen LogP contribution >= 0.6 is 30.6 Å². The van der Waals surface area contributed by atoms with E-state index in [1.54, 1.807) is 48.5 Å². The molecule has 1 amide bonds. The molecule has 0 heterocycles. The highest BCUT2D eigenvalue weighted by atomic mass is 35.5. The summed E-state index contributed by atoms with van der Waals surface area (Å²) >= 11 is 12.2. The Morgan fingerprint density at radius 3 is 2.26 bits per heavy atom. The zero-order chi connectivity index (χ0) is 27.5. The molecule has 3 aromatic rings. The zero-order valence-corrected chi connectivity index (χ0v) is 22.7. The van der Waals surface area contributed by atoms with Crippen LogP contribution in [0.3, 0.4) is 0 Å². The lowest BCUT2D eigenvalue weighted by Gasteiger charge is -2.25. The number of carboxylic acids is 1. The molecule has 0 bridgehead atoms. The maximum atomic E-state index is 13.3. The number of carbonyl (C=O) groups is 2. The van der Waals surface area contributed by atoms with E-state index < -0.39 is 37.9 Å². The van der Waals surface area contributed by atoms with Gasteiger partial charge in [-0.15, -0.1) is 0 Å². The number of alkyl carbamates (subject to hydrolysis) is 1. The van der Waals surface area contributed by atoms with Crippen LogP contribution in [0.5, 0.6) is 0 Å². The first-order valence-electron chi connectivity index (χ1n) is 11.8. The van der Waals surface area contributed by atoms with Crippen molar-refractivity contribution in [3.63, 3.8) is 0 Å². The van der Waals surface area contributed by atoms with E-state index in [9.17, 15) is 19.0 Å². The Balaban J connectivity index is 1.72. The zero-order valence-electron chi connectivity index (χ0n) is 20.3. The molecule has 3 unspecified atom stereocenters. The predicted molar refractivity (Wildman–Crippen MR) is 146 cm³/mol. The number of benzene rings is 3. The summed E-state index contributed by atoms with van der Waals surface area (Å²) in [6.07, 6.45) is -3.00. The molecule has 3 rings (SSSR count).